The molecule has 0 aromatic heterocycles. The van der Waals surface area contributed by atoms with E-state index in [1.165, 1.54) is 12.1 Å². The van der Waals surface area contributed by atoms with Crippen LogP contribution in [0.3, 0.4) is 0 Å². The number of hydrogen-bond acceptors (Lipinski definition) is 3. The molecule has 1 saturated heterocycles. The van der Waals surface area contributed by atoms with Crippen LogP contribution in [0.1, 0.15) is 44.7 Å². The Balaban J connectivity index is 2.09. The lowest BCUT2D eigenvalue weighted by Crippen LogP contribution is -2.61. The van der Waals surface area contributed by atoms with Crippen LogP contribution in [0.15, 0.2) is 24.3 Å². The van der Waals surface area contributed by atoms with Crippen LogP contribution < -0.4 is 16.0 Å². The lowest BCUT2D eigenvalue weighted by Gasteiger charge is -2.34. The third-order valence-corrected chi connectivity index (χ3v) is 4.22. The van der Waals surface area contributed by atoms with E-state index in [1.54, 1.807) is 13.8 Å². The topological polar surface area (TPSA) is 70.2 Å². The molecule has 0 spiro atoms. The molecule has 138 valence electrons. The summed E-state index contributed by atoms with van der Waals surface area (Å²) >= 11 is 0. The maximum Gasteiger partial charge on any atom is 0.416 e. The van der Waals surface area contributed by atoms with Gasteiger partial charge in [-0.1, -0.05) is 19.1 Å². The van der Waals surface area contributed by atoms with Crippen LogP contribution in [0, 0.1) is 0 Å². The molecule has 0 aliphatic carbocycles. The predicted molar refractivity (Wildman–Crippen MR) is 86.4 cm³/mol. The Morgan fingerprint density at radius 1 is 1.20 bits per heavy atom. The van der Waals surface area contributed by atoms with E-state index in [0.717, 1.165) is 12.1 Å². The first kappa shape index (κ1) is 19.2. The molecule has 1 heterocycles. The van der Waals surface area contributed by atoms with Crippen molar-refractivity contribution in [1.29, 1.82) is 0 Å². The van der Waals surface area contributed by atoms with E-state index in [1.807, 2.05) is 6.92 Å². The molecule has 2 amide bonds. The number of benzene rings is 1. The highest BCUT2D eigenvalue weighted by Gasteiger charge is 2.34. The molecule has 1 aliphatic heterocycles. The number of alkyl halides is 3. The standard InChI is InChI=1S/C17H22F3N3O2/c1-4-13-21-12(9-14(24)22-13)15(25)23-16(2,3)10-5-7-11(8-6-10)17(18,19)20/h5-8,12-13,21H,4,9H2,1-3H3,(H,22,24)(H,23,25). The van der Waals surface area contributed by atoms with Gasteiger partial charge in [-0.3, -0.25) is 14.9 Å². The van der Waals surface area contributed by atoms with Crippen LogP contribution in [-0.2, 0) is 21.3 Å². The van der Waals surface area contributed by atoms with Gasteiger partial charge in [0.25, 0.3) is 0 Å². The molecular formula is C17H22F3N3O2. The van der Waals surface area contributed by atoms with Gasteiger partial charge in [0.05, 0.1) is 29.7 Å². The number of nitrogens with one attached hydrogen (secondary N) is 3. The lowest BCUT2D eigenvalue weighted by atomic mass is 9.92. The second-order valence-corrected chi connectivity index (χ2v) is 6.64. The molecule has 0 bridgehead atoms. The Kier molecular flexibility index (Phi) is 5.41. The summed E-state index contributed by atoms with van der Waals surface area (Å²) in [6.07, 6.45) is -4.02. The van der Waals surface area contributed by atoms with Gasteiger partial charge in [0, 0.05) is 0 Å². The number of halogens is 3. The molecule has 3 N–H and O–H groups in total. The highest BCUT2D eigenvalue weighted by atomic mass is 19.4. The highest BCUT2D eigenvalue weighted by molar-refractivity contribution is 5.90. The van der Waals surface area contributed by atoms with E-state index in [4.69, 9.17) is 0 Å². The van der Waals surface area contributed by atoms with Crippen LogP contribution in [0.2, 0.25) is 0 Å². The van der Waals surface area contributed by atoms with Crippen LogP contribution in [-0.4, -0.2) is 24.0 Å². The van der Waals surface area contributed by atoms with E-state index >= 15 is 0 Å². The zero-order chi connectivity index (χ0) is 18.8. The SMILES string of the molecule is CCC1NC(=O)CC(C(=O)NC(C)(C)c2ccc(C(F)(F)F)cc2)N1. The van der Waals surface area contributed by atoms with E-state index in [2.05, 4.69) is 16.0 Å². The first-order chi connectivity index (χ1) is 11.5. The maximum absolute atomic E-state index is 12.7. The lowest BCUT2D eigenvalue weighted by molar-refractivity contribution is -0.137. The summed E-state index contributed by atoms with van der Waals surface area (Å²) in [5, 5.41) is 8.58. The van der Waals surface area contributed by atoms with E-state index in [9.17, 15) is 22.8 Å². The first-order valence-electron chi connectivity index (χ1n) is 8.08. The Morgan fingerprint density at radius 3 is 2.28 bits per heavy atom. The fourth-order valence-corrected chi connectivity index (χ4v) is 2.71. The van der Waals surface area contributed by atoms with Crippen molar-refractivity contribution in [2.24, 2.45) is 0 Å². The summed E-state index contributed by atoms with van der Waals surface area (Å²) in [5.74, 6) is -0.573. The van der Waals surface area contributed by atoms with Gasteiger partial charge >= 0.3 is 6.18 Å². The van der Waals surface area contributed by atoms with Crippen molar-refractivity contribution >= 4 is 11.8 Å². The number of hydrogen-bond donors (Lipinski definition) is 3. The smallest absolute Gasteiger partial charge is 0.346 e. The van der Waals surface area contributed by atoms with Crippen molar-refractivity contribution in [2.45, 2.75) is 57.5 Å². The third kappa shape index (κ3) is 4.72. The Labute approximate surface area is 144 Å². The quantitative estimate of drug-likeness (QED) is 0.774. The predicted octanol–water partition coefficient (Wildman–Crippen LogP) is 2.27. The fourth-order valence-electron chi connectivity index (χ4n) is 2.71. The van der Waals surface area contributed by atoms with Gasteiger partial charge in [-0.2, -0.15) is 13.2 Å². The zero-order valence-corrected chi connectivity index (χ0v) is 14.3. The average molecular weight is 357 g/mol. The second kappa shape index (κ2) is 7.03. The zero-order valence-electron chi connectivity index (χ0n) is 14.3. The molecule has 5 nitrogen and oxygen atoms in total. The number of carbonyl (C=O) groups excluding carboxylic acids is 2. The van der Waals surface area contributed by atoms with Crippen LogP contribution in [0.25, 0.3) is 0 Å². The largest absolute Gasteiger partial charge is 0.416 e. The monoisotopic (exact) mass is 357 g/mol. The summed E-state index contributed by atoms with van der Waals surface area (Å²) in [6.45, 7) is 5.28. The summed E-state index contributed by atoms with van der Waals surface area (Å²) in [6, 6.07) is 4.00. The second-order valence-electron chi connectivity index (χ2n) is 6.64. The van der Waals surface area contributed by atoms with E-state index in [0.29, 0.717) is 12.0 Å². The molecule has 0 saturated carbocycles. The summed E-state index contributed by atoms with van der Waals surface area (Å²) in [4.78, 5) is 24.2. The van der Waals surface area contributed by atoms with Gasteiger partial charge in [0.15, 0.2) is 0 Å². The minimum Gasteiger partial charge on any atom is -0.346 e. The molecule has 1 aromatic carbocycles. The van der Waals surface area contributed by atoms with Crippen LogP contribution >= 0.6 is 0 Å². The first-order valence-corrected chi connectivity index (χ1v) is 8.08. The molecule has 0 radical (unpaired) electrons. The fraction of sp³-hybridized carbons (Fsp3) is 0.529. The summed E-state index contributed by atoms with van der Waals surface area (Å²) in [7, 11) is 0. The van der Waals surface area contributed by atoms with Crippen molar-refractivity contribution in [3.8, 4) is 0 Å². The third-order valence-electron chi connectivity index (χ3n) is 4.22. The minimum atomic E-state index is -4.40. The van der Waals surface area contributed by atoms with Gasteiger partial charge < -0.3 is 10.6 Å². The van der Waals surface area contributed by atoms with Gasteiger partial charge in [-0.05, 0) is 38.0 Å². The molecule has 1 aromatic rings. The molecule has 1 fully saturated rings. The van der Waals surface area contributed by atoms with Crippen molar-refractivity contribution in [1.82, 2.24) is 16.0 Å². The van der Waals surface area contributed by atoms with E-state index < -0.39 is 23.3 Å². The number of carbonyl (C=O) groups is 2. The normalized spacial score (nSPS) is 21.6. The molecule has 25 heavy (non-hydrogen) atoms. The number of rotatable bonds is 4. The maximum atomic E-state index is 12.7. The Morgan fingerprint density at radius 2 is 1.76 bits per heavy atom. The minimum absolute atomic E-state index is 0.0193. The van der Waals surface area contributed by atoms with Crippen LogP contribution in [0.5, 0.6) is 0 Å². The molecule has 8 heteroatoms. The van der Waals surface area contributed by atoms with Gasteiger partial charge in [-0.25, -0.2) is 0 Å². The average Bonchev–Trinajstić information content (AvgIpc) is 2.53. The molecule has 2 rings (SSSR count). The van der Waals surface area contributed by atoms with Crippen molar-refractivity contribution < 1.29 is 22.8 Å². The van der Waals surface area contributed by atoms with Gasteiger partial charge in [0.1, 0.15) is 0 Å². The van der Waals surface area contributed by atoms with Crippen molar-refractivity contribution in [2.75, 3.05) is 0 Å². The van der Waals surface area contributed by atoms with Crippen molar-refractivity contribution in [3.05, 3.63) is 35.4 Å². The van der Waals surface area contributed by atoms with E-state index in [-0.39, 0.29) is 24.4 Å². The number of amides is 2. The molecule has 2 atom stereocenters. The van der Waals surface area contributed by atoms with Gasteiger partial charge in [0.2, 0.25) is 11.8 Å². The molecule has 1 aliphatic rings. The molecule has 2 unspecified atom stereocenters. The Hall–Kier alpha value is -2.09. The molecular weight excluding hydrogens is 335 g/mol. The summed E-state index contributed by atoms with van der Waals surface area (Å²) in [5.41, 5.74) is -1.07. The van der Waals surface area contributed by atoms with Gasteiger partial charge in [-0.15, -0.1) is 0 Å². The van der Waals surface area contributed by atoms with Crippen molar-refractivity contribution in [3.63, 3.8) is 0 Å². The Bertz CT molecular complexity index is 642. The van der Waals surface area contributed by atoms with Crippen LogP contribution in [0.4, 0.5) is 13.2 Å². The summed E-state index contributed by atoms with van der Waals surface area (Å²) < 4.78 is 38.0. The highest BCUT2D eigenvalue weighted by Crippen LogP contribution is 2.31.